The van der Waals surface area contributed by atoms with Gasteiger partial charge in [-0.3, -0.25) is 4.79 Å². The standard InChI is InChI=1S/C14H16ClN5O/c1-9-12(14(16)21)7-6-10-4-2-3-5-11(15)8-13(10)18-20-19-17-9/h3-5,7-8,13H,2,6H2,1H3,(H2,16,21)(H,18,19)/b5-3-,10-4-,11-8?,12-7+,17-9+. The molecule has 6 nitrogen and oxygen atoms in total. The second-order valence-corrected chi connectivity index (χ2v) is 5.05. The number of hydrogen-bond acceptors (Lipinski definition) is 5. The Hall–Kier alpha value is -2.21. The molecule has 1 aliphatic heterocycles. The van der Waals surface area contributed by atoms with Gasteiger partial charge in [0.1, 0.15) is 6.04 Å². The van der Waals surface area contributed by atoms with Crippen LogP contribution in [0, 0.1) is 0 Å². The first-order valence-electron chi connectivity index (χ1n) is 6.50. The van der Waals surface area contributed by atoms with Crippen LogP contribution in [-0.2, 0) is 4.79 Å². The predicted molar refractivity (Wildman–Crippen MR) is 82.6 cm³/mol. The molecule has 0 aromatic heterocycles. The number of halogens is 1. The molecule has 0 spiro atoms. The highest BCUT2D eigenvalue weighted by atomic mass is 35.5. The van der Waals surface area contributed by atoms with Gasteiger partial charge in [-0.15, -0.1) is 0 Å². The van der Waals surface area contributed by atoms with E-state index in [1.54, 1.807) is 19.1 Å². The van der Waals surface area contributed by atoms with Crippen LogP contribution in [0.2, 0.25) is 0 Å². The molecule has 1 amide bonds. The summed E-state index contributed by atoms with van der Waals surface area (Å²) in [7, 11) is 0. The number of carbonyl (C=O) groups is 1. The van der Waals surface area contributed by atoms with E-state index >= 15 is 0 Å². The molecule has 1 atom stereocenters. The molecular formula is C14H16ClN5O. The zero-order valence-electron chi connectivity index (χ0n) is 11.6. The molecule has 1 heterocycles. The van der Waals surface area contributed by atoms with Crippen LogP contribution in [0.1, 0.15) is 19.8 Å². The Kier molecular flexibility index (Phi) is 5.05. The van der Waals surface area contributed by atoms with Gasteiger partial charge in [0.15, 0.2) is 0 Å². The number of rotatable bonds is 1. The highest BCUT2D eigenvalue weighted by Crippen LogP contribution is 2.22. The summed E-state index contributed by atoms with van der Waals surface area (Å²) in [6, 6.07) is -0.297. The molecule has 0 saturated heterocycles. The first kappa shape index (κ1) is 15.2. The number of primary amides is 1. The smallest absolute Gasteiger partial charge is 0.250 e. The third-order valence-corrected chi connectivity index (χ3v) is 3.38. The largest absolute Gasteiger partial charge is 0.366 e. The maximum atomic E-state index is 11.5. The Labute approximate surface area is 127 Å². The molecule has 3 N–H and O–H groups in total. The maximum Gasteiger partial charge on any atom is 0.250 e. The van der Waals surface area contributed by atoms with Gasteiger partial charge in [0, 0.05) is 5.03 Å². The van der Waals surface area contributed by atoms with Gasteiger partial charge in [-0.05, 0) is 37.5 Å². The molecule has 0 aromatic carbocycles. The van der Waals surface area contributed by atoms with Crippen LogP contribution in [0.4, 0.5) is 0 Å². The Morgan fingerprint density at radius 1 is 1.48 bits per heavy atom. The molecule has 2 rings (SSSR count). The average Bonchev–Trinajstić information content (AvgIpc) is 2.42. The van der Waals surface area contributed by atoms with Crippen LogP contribution in [0.15, 0.2) is 62.0 Å². The fourth-order valence-electron chi connectivity index (χ4n) is 2.04. The molecule has 0 aromatic rings. The molecule has 0 fully saturated rings. The summed E-state index contributed by atoms with van der Waals surface area (Å²) in [4.78, 5) is 11.5. The van der Waals surface area contributed by atoms with E-state index < -0.39 is 5.91 Å². The fraction of sp³-hybridized carbons (Fsp3) is 0.286. The number of nitrogens with one attached hydrogen (secondary N) is 1. The third kappa shape index (κ3) is 4.13. The number of allylic oxidation sites excluding steroid dienone is 5. The van der Waals surface area contributed by atoms with Gasteiger partial charge in [0.25, 0.3) is 0 Å². The van der Waals surface area contributed by atoms with Crippen LogP contribution in [0.5, 0.6) is 0 Å². The highest BCUT2D eigenvalue weighted by Gasteiger charge is 2.15. The van der Waals surface area contributed by atoms with Crippen molar-refractivity contribution in [2.75, 3.05) is 0 Å². The molecular weight excluding hydrogens is 290 g/mol. The lowest BCUT2D eigenvalue weighted by Gasteiger charge is -2.14. The van der Waals surface area contributed by atoms with Crippen molar-refractivity contribution in [1.29, 1.82) is 0 Å². The summed E-state index contributed by atoms with van der Waals surface area (Å²) in [5, 5.41) is 12.5. The van der Waals surface area contributed by atoms with Crippen molar-refractivity contribution in [1.82, 2.24) is 5.53 Å². The Balaban J connectivity index is 2.42. The minimum absolute atomic E-state index is 0.297. The monoisotopic (exact) mass is 305 g/mol. The summed E-state index contributed by atoms with van der Waals surface area (Å²) in [5.74, 6) is -0.521. The molecule has 2 aliphatic rings. The summed E-state index contributed by atoms with van der Waals surface area (Å²) in [6.45, 7) is 1.68. The minimum atomic E-state index is -0.521. The zero-order valence-corrected chi connectivity index (χ0v) is 12.3. The molecule has 7 heteroatoms. The van der Waals surface area contributed by atoms with Crippen molar-refractivity contribution >= 4 is 23.2 Å². The van der Waals surface area contributed by atoms with Crippen molar-refractivity contribution in [2.45, 2.75) is 25.8 Å². The van der Waals surface area contributed by atoms with E-state index in [1.807, 2.05) is 18.2 Å². The van der Waals surface area contributed by atoms with Gasteiger partial charge >= 0.3 is 0 Å². The topological polar surface area (TPSA) is 92.2 Å². The number of fused-ring (bicyclic) bond motifs is 1. The quantitative estimate of drug-likeness (QED) is 0.728. The normalized spacial score (nSPS) is 31.4. The SMILES string of the molecule is CC1=N\NN=NC2C=C(Cl)/C=C\C/C=C\2C/C=C\1C(N)=O. The van der Waals surface area contributed by atoms with Crippen LogP contribution < -0.4 is 11.3 Å². The third-order valence-electron chi connectivity index (χ3n) is 3.13. The number of nitrogens with zero attached hydrogens (tertiary/aromatic N) is 3. The molecule has 21 heavy (non-hydrogen) atoms. The lowest BCUT2D eigenvalue weighted by atomic mass is 9.98. The number of nitrogens with two attached hydrogens (primary N) is 1. The second kappa shape index (κ2) is 6.99. The Bertz CT molecular complexity index is 613. The second-order valence-electron chi connectivity index (χ2n) is 4.61. The van der Waals surface area contributed by atoms with Gasteiger partial charge in [0.2, 0.25) is 5.91 Å². The van der Waals surface area contributed by atoms with E-state index in [0.717, 1.165) is 12.0 Å². The van der Waals surface area contributed by atoms with Gasteiger partial charge in [-0.1, -0.05) is 35.1 Å². The lowest BCUT2D eigenvalue weighted by molar-refractivity contribution is -0.114. The van der Waals surface area contributed by atoms with E-state index in [1.165, 1.54) is 0 Å². The summed E-state index contributed by atoms with van der Waals surface area (Å²) >= 11 is 6.09. The number of amides is 1. The highest BCUT2D eigenvalue weighted by molar-refractivity contribution is 6.31. The molecule has 1 aliphatic carbocycles. The van der Waals surface area contributed by atoms with E-state index in [9.17, 15) is 4.79 Å². The van der Waals surface area contributed by atoms with Crippen molar-refractivity contribution in [3.05, 3.63) is 46.6 Å². The van der Waals surface area contributed by atoms with Gasteiger partial charge < -0.3 is 5.73 Å². The Morgan fingerprint density at radius 3 is 3.05 bits per heavy atom. The van der Waals surface area contributed by atoms with E-state index in [0.29, 0.717) is 22.7 Å². The van der Waals surface area contributed by atoms with Gasteiger partial charge in [-0.2, -0.15) is 15.8 Å². The van der Waals surface area contributed by atoms with E-state index in [-0.39, 0.29) is 6.04 Å². The minimum Gasteiger partial charge on any atom is -0.366 e. The summed E-state index contributed by atoms with van der Waals surface area (Å²) in [6.07, 6.45) is 10.7. The van der Waals surface area contributed by atoms with Crippen molar-refractivity contribution in [3.8, 4) is 0 Å². The first-order chi connectivity index (χ1) is 10.1. The van der Waals surface area contributed by atoms with Crippen molar-refractivity contribution in [3.63, 3.8) is 0 Å². The van der Waals surface area contributed by atoms with E-state index in [2.05, 4.69) is 21.0 Å². The van der Waals surface area contributed by atoms with Crippen LogP contribution in [0.25, 0.3) is 0 Å². The Morgan fingerprint density at radius 2 is 2.29 bits per heavy atom. The number of carbonyl (C=O) groups excluding carboxylic acids is 1. The van der Waals surface area contributed by atoms with Crippen molar-refractivity contribution < 1.29 is 4.79 Å². The lowest BCUT2D eigenvalue weighted by Crippen LogP contribution is -2.21. The first-order valence-corrected chi connectivity index (χ1v) is 6.88. The van der Waals surface area contributed by atoms with Crippen molar-refractivity contribution in [2.24, 2.45) is 21.2 Å². The maximum absolute atomic E-state index is 11.5. The molecule has 0 bridgehead atoms. The van der Waals surface area contributed by atoms with Crippen LogP contribution >= 0.6 is 11.6 Å². The number of hydrogen-bond donors (Lipinski definition) is 2. The number of hydrazone groups is 1. The van der Waals surface area contributed by atoms with E-state index in [4.69, 9.17) is 17.3 Å². The van der Waals surface area contributed by atoms with Crippen LogP contribution in [-0.4, -0.2) is 17.7 Å². The molecule has 110 valence electrons. The zero-order chi connectivity index (χ0) is 15.2. The summed E-state index contributed by atoms with van der Waals surface area (Å²) < 4.78 is 0. The molecule has 1 unspecified atom stereocenters. The predicted octanol–water partition coefficient (Wildman–Crippen LogP) is 2.51. The average molecular weight is 306 g/mol. The summed E-state index contributed by atoms with van der Waals surface area (Å²) in [5.41, 5.74) is 9.67. The molecule has 0 radical (unpaired) electrons. The van der Waals surface area contributed by atoms with Gasteiger partial charge in [0.05, 0.1) is 11.3 Å². The fourth-order valence-corrected chi connectivity index (χ4v) is 2.25. The van der Waals surface area contributed by atoms with Gasteiger partial charge in [-0.25, -0.2) is 0 Å². The molecule has 0 saturated carbocycles. The van der Waals surface area contributed by atoms with Crippen LogP contribution in [0.3, 0.4) is 0 Å².